The molecule has 3 aromatic rings. The third kappa shape index (κ3) is 3.59. The number of nitrogens with zero attached hydrogens (tertiary/aromatic N) is 4. The van der Waals surface area contributed by atoms with Gasteiger partial charge in [0.05, 0.1) is 12.6 Å². The number of nitrogens with one attached hydrogen (secondary N) is 3. The number of hydrogen-bond donors (Lipinski definition) is 3. The van der Waals surface area contributed by atoms with E-state index in [9.17, 15) is 9.59 Å². The van der Waals surface area contributed by atoms with Crippen molar-refractivity contribution in [3.63, 3.8) is 0 Å². The van der Waals surface area contributed by atoms with Gasteiger partial charge in [-0.05, 0) is 43.5 Å². The van der Waals surface area contributed by atoms with Crippen LogP contribution in [-0.2, 0) is 9.59 Å². The lowest BCUT2D eigenvalue weighted by molar-refractivity contribution is -0.124. The molecule has 30 heavy (non-hydrogen) atoms. The summed E-state index contributed by atoms with van der Waals surface area (Å²) in [5.41, 5.74) is 3.32. The van der Waals surface area contributed by atoms with Gasteiger partial charge in [0.25, 0.3) is 5.91 Å². The number of anilines is 3. The van der Waals surface area contributed by atoms with Crippen molar-refractivity contribution in [2.45, 2.75) is 32.2 Å². The molecule has 3 N–H and O–H groups in total. The summed E-state index contributed by atoms with van der Waals surface area (Å²) >= 11 is 6.13. The molecule has 0 radical (unpaired) electrons. The van der Waals surface area contributed by atoms with Crippen LogP contribution in [0.4, 0.5) is 17.6 Å². The average molecular weight is 424 g/mol. The third-order valence-electron chi connectivity index (χ3n) is 4.98. The van der Waals surface area contributed by atoms with Gasteiger partial charge in [-0.2, -0.15) is 19.6 Å². The Kier molecular flexibility index (Phi) is 4.39. The molecule has 1 aromatic carbocycles. The number of aryl methyl sites for hydroxylation is 1. The molecule has 0 spiro atoms. The number of aromatic nitrogens is 4. The zero-order valence-electron chi connectivity index (χ0n) is 16.1. The summed E-state index contributed by atoms with van der Waals surface area (Å²) < 4.78 is 1.61. The monoisotopic (exact) mass is 423 g/mol. The first-order chi connectivity index (χ1) is 14.5. The second-order valence-electron chi connectivity index (χ2n) is 7.43. The van der Waals surface area contributed by atoms with Gasteiger partial charge in [0.15, 0.2) is 5.65 Å². The first-order valence-electron chi connectivity index (χ1n) is 9.56. The van der Waals surface area contributed by atoms with E-state index in [0.29, 0.717) is 39.7 Å². The predicted molar refractivity (Wildman–Crippen MR) is 113 cm³/mol. The predicted octanol–water partition coefficient (Wildman–Crippen LogP) is 2.83. The second kappa shape index (κ2) is 7.10. The van der Waals surface area contributed by atoms with Crippen molar-refractivity contribution in [3.8, 4) is 0 Å². The molecular weight excluding hydrogens is 406 g/mol. The van der Waals surface area contributed by atoms with Gasteiger partial charge in [-0.3, -0.25) is 14.9 Å². The molecule has 2 aromatic heterocycles. The molecule has 3 heterocycles. The lowest BCUT2D eigenvalue weighted by Gasteiger charge is -2.12. The van der Waals surface area contributed by atoms with E-state index in [0.717, 1.165) is 24.1 Å². The molecule has 0 bridgehead atoms. The molecular formula is C20H18ClN7O2. The summed E-state index contributed by atoms with van der Waals surface area (Å²) in [6.45, 7) is 1.96. The fourth-order valence-electron chi connectivity index (χ4n) is 3.21. The Labute approximate surface area is 176 Å². The summed E-state index contributed by atoms with van der Waals surface area (Å²) in [6.07, 6.45) is 5.44. The van der Waals surface area contributed by atoms with Gasteiger partial charge >= 0.3 is 0 Å². The van der Waals surface area contributed by atoms with Crippen molar-refractivity contribution >= 4 is 52.7 Å². The van der Waals surface area contributed by atoms with Gasteiger partial charge in [-0.15, -0.1) is 0 Å². The average Bonchev–Trinajstić information content (AvgIpc) is 3.34. The van der Waals surface area contributed by atoms with Crippen LogP contribution in [0.3, 0.4) is 0 Å². The number of rotatable bonds is 5. The highest BCUT2D eigenvalue weighted by atomic mass is 35.5. The normalized spacial score (nSPS) is 17.6. The standard InChI is InChI=1S/C20H18ClN7O2/c1-10-2-3-13(21)8-15(10)24-19-26-17-12(6-11-7-16(29)25-18(11)30)9-22-28(17)20(27-19)23-14-4-5-14/h2-3,6,8-9,14H,4-5,7H2,1H3,(H,25,29,30)(H2,23,24,26,27). The number of benzene rings is 1. The van der Waals surface area contributed by atoms with Gasteiger partial charge in [0.1, 0.15) is 0 Å². The number of imide groups is 1. The zero-order chi connectivity index (χ0) is 20.8. The van der Waals surface area contributed by atoms with Gasteiger partial charge in [0, 0.05) is 27.9 Å². The fraction of sp³-hybridized carbons (Fsp3) is 0.250. The molecule has 1 aliphatic carbocycles. The molecule has 1 aliphatic heterocycles. The van der Waals surface area contributed by atoms with Crippen LogP contribution in [0, 0.1) is 6.92 Å². The smallest absolute Gasteiger partial charge is 0.254 e. The summed E-state index contributed by atoms with van der Waals surface area (Å²) in [4.78, 5) is 32.7. The first-order valence-corrected chi connectivity index (χ1v) is 9.94. The summed E-state index contributed by atoms with van der Waals surface area (Å²) in [6, 6.07) is 5.90. The fourth-order valence-corrected chi connectivity index (χ4v) is 3.39. The van der Waals surface area contributed by atoms with Crippen molar-refractivity contribution in [2.75, 3.05) is 10.6 Å². The maximum absolute atomic E-state index is 11.9. The van der Waals surface area contributed by atoms with Crippen molar-refractivity contribution in [3.05, 3.63) is 46.1 Å². The molecule has 10 heteroatoms. The minimum atomic E-state index is -0.391. The van der Waals surface area contributed by atoms with E-state index in [2.05, 4.69) is 31.0 Å². The maximum Gasteiger partial charge on any atom is 0.254 e. The van der Waals surface area contributed by atoms with Gasteiger partial charge < -0.3 is 10.6 Å². The quantitative estimate of drug-likeness (QED) is 0.427. The topological polar surface area (TPSA) is 113 Å². The molecule has 152 valence electrons. The van der Waals surface area contributed by atoms with Crippen molar-refractivity contribution in [2.24, 2.45) is 0 Å². The Bertz CT molecular complexity index is 1230. The van der Waals surface area contributed by atoms with Gasteiger partial charge in [0.2, 0.25) is 17.8 Å². The van der Waals surface area contributed by atoms with Crippen LogP contribution in [0.1, 0.15) is 30.4 Å². The molecule has 2 fully saturated rings. The molecule has 1 saturated carbocycles. The van der Waals surface area contributed by atoms with E-state index in [4.69, 9.17) is 11.6 Å². The highest BCUT2D eigenvalue weighted by molar-refractivity contribution is 6.30. The van der Waals surface area contributed by atoms with Gasteiger partial charge in [-0.1, -0.05) is 17.7 Å². The van der Waals surface area contributed by atoms with Crippen LogP contribution in [-0.4, -0.2) is 37.4 Å². The molecule has 5 rings (SSSR count). The van der Waals surface area contributed by atoms with Crippen LogP contribution < -0.4 is 16.0 Å². The van der Waals surface area contributed by atoms with Crippen molar-refractivity contribution in [1.29, 1.82) is 0 Å². The maximum atomic E-state index is 11.9. The van der Waals surface area contributed by atoms with Crippen LogP contribution in [0.25, 0.3) is 11.7 Å². The number of halogens is 1. The largest absolute Gasteiger partial charge is 0.351 e. The van der Waals surface area contributed by atoms with Gasteiger partial charge in [-0.25, -0.2) is 0 Å². The Hall–Kier alpha value is -3.46. The first kappa shape index (κ1) is 18.6. The summed E-state index contributed by atoms with van der Waals surface area (Å²) in [5, 5.41) is 13.9. The van der Waals surface area contributed by atoms with Crippen molar-refractivity contribution < 1.29 is 9.59 Å². The number of fused-ring (bicyclic) bond motifs is 1. The second-order valence-corrected chi connectivity index (χ2v) is 7.87. The van der Waals surface area contributed by atoms with Crippen LogP contribution in [0.5, 0.6) is 0 Å². The van der Waals surface area contributed by atoms with E-state index in [1.54, 1.807) is 16.8 Å². The highest BCUT2D eigenvalue weighted by Crippen LogP contribution is 2.28. The van der Waals surface area contributed by atoms with E-state index in [1.807, 2.05) is 25.1 Å². The third-order valence-corrected chi connectivity index (χ3v) is 5.21. The lowest BCUT2D eigenvalue weighted by Crippen LogP contribution is -2.19. The van der Waals surface area contributed by atoms with Crippen LogP contribution in [0.2, 0.25) is 5.02 Å². The zero-order valence-corrected chi connectivity index (χ0v) is 16.8. The van der Waals surface area contributed by atoms with Crippen molar-refractivity contribution in [1.82, 2.24) is 24.9 Å². The number of hydrogen-bond acceptors (Lipinski definition) is 7. The van der Waals surface area contributed by atoms with E-state index in [1.165, 1.54) is 0 Å². The Morgan fingerprint density at radius 2 is 2.10 bits per heavy atom. The SMILES string of the molecule is Cc1ccc(Cl)cc1Nc1nc(NC2CC2)n2ncc(C=C3CC(=O)NC3=O)c2n1. The summed E-state index contributed by atoms with van der Waals surface area (Å²) in [7, 11) is 0. The van der Waals surface area contributed by atoms with E-state index in [-0.39, 0.29) is 12.3 Å². The minimum absolute atomic E-state index is 0.0429. The Morgan fingerprint density at radius 3 is 2.83 bits per heavy atom. The highest BCUT2D eigenvalue weighted by Gasteiger charge is 2.26. The number of carbonyl (C=O) groups excluding carboxylic acids is 2. The van der Waals surface area contributed by atoms with Crippen LogP contribution in [0.15, 0.2) is 30.0 Å². The number of amides is 2. The Balaban J connectivity index is 1.59. The molecule has 0 unspecified atom stereocenters. The molecule has 1 saturated heterocycles. The Morgan fingerprint density at radius 1 is 1.27 bits per heavy atom. The molecule has 0 atom stereocenters. The van der Waals surface area contributed by atoms with Crippen LogP contribution >= 0.6 is 11.6 Å². The van der Waals surface area contributed by atoms with E-state index < -0.39 is 5.91 Å². The molecule has 2 amide bonds. The molecule has 2 aliphatic rings. The summed E-state index contributed by atoms with van der Waals surface area (Å²) in [5.74, 6) is 0.231. The molecule has 9 nitrogen and oxygen atoms in total. The minimum Gasteiger partial charge on any atom is -0.351 e. The number of carbonyl (C=O) groups is 2. The van der Waals surface area contributed by atoms with E-state index >= 15 is 0 Å². The lowest BCUT2D eigenvalue weighted by atomic mass is 10.1.